The zero-order valence-corrected chi connectivity index (χ0v) is 22.1. The standard InChI is InChI=1S/C29H33N5O5/c1-17(15-22(34-27(31)32-2)18-12-14-33-23(30)16-18)11-13-28-24(35)20-9-5-6-10-21(20)25(36)29(28,39-28)26(37)38-19-7-3-4-8-19/h5-6,9-12,14,16,19,22H,3-4,7-8,13,15H2,1-2H3,(H2,30,33)(H3,31,32,34)/b17-11+/t22-,28-,29-/m0/s1. The summed E-state index contributed by atoms with van der Waals surface area (Å²) in [6.45, 7) is 1.90. The first-order chi connectivity index (χ1) is 18.7. The molecule has 2 fully saturated rings. The van der Waals surface area contributed by atoms with Crippen molar-refractivity contribution in [2.24, 2.45) is 10.7 Å². The van der Waals surface area contributed by atoms with Crippen LogP contribution in [0.15, 0.2) is 59.2 Å². The van der Waals surface area contributed by atoms with Crippen LogP contribution in [0.2, 0.25) is 0 Å². The zero-order valence-electron chi connectivity index (χ0n) is 22.1. The number of rotatable bonds is 8. The van der Waals surface area contributed by atoms with Crippen LogP contribution in [0, 0.1) is 0 Å². The van der Waals surface area contributed by atoms with Crippen molar-refractivity contribution >= 4 is 29.3 Å². The molecule has 10 heteroatoms. The Balaban J connectivity index is 1.44. The van der Waals surface area contributed by atoms with E-state index < -0.39 is 23.0 Å². The highest BCUT2D eigenvalue weighted by Crippen LogP contribution is 2.58. The maximum absolute atomic E-state index is 13.8. The number of aliphatic imine (C=N–C) groups is 1. The number of hydrogen-bond acceptors (Lipinski definition) is 8. The summed E-state index contributed by atoms with van der Waals surface area (Å²) in [6, 6.07) is 9.82. The van der Waals surface area contributed by atoms with Crippen molar-refractivity contribution in [1.29, 1.82) is 0 Å². The minimum absolute atomic E-state index is 0.0417. The molecule has 3 atom stereocenters. The molecule has 2 aromatic rings. The number of nitrogens with zero attached hydrogens (tertiary/aromatic N) is 2. The number of esters is 1. The molecule has 10 nitrogen and oxygen atoms in total. The van der Waals surface area contributed by atoms with Gasteiger partial charge in [0.25, 0.3) is 5.60 Å². The number of benzene rings is 1. The summed E-state index contributed by atoms with van der Waals surface area (Å²) in [5.74, 6) is -1.05. The molecule has 2 heterocycles. The van der Waals surface area contributed by atoms with Crippen molar-refractivity contribution in [3.05, 3.63) is 70.9 Å². The molecule has 1 aliphatic heterocycles. The van der Waals surface area contributed by atoms with Gasteiger partial charge < -0.3 is 26.3 Å². The van der Waals surface area contributed by atoms with E-state index in [1.54, 1.807) is 43.6 Å². The number of carbonyl (C=O) groups is 3. The number of fused-ring (bicyclic) bond motifs is 2. The van der Waals surface area contributed by atoms with E-state index >= 15 is 0 Å². The van der Waals surface area contributed by atoms with Crippen LogP contribution in [0.1, 0.15) is 77.8 Å². The topological polar surface area (TPSA) is 162 Å². The molecule has 0 amide bonds. The quantitative estimate of drug-likeness (QED) is 0.116. The SMILES string of the molecule is CN=C(N)N[C@@H](C/C(C)=C/C[C@@]12O[C@]1(C(=O)OC1CCCC1)C(=O)c1ccccc1C2=O)c1ccnc(N)c1. The number of anilines is 1. The first-order valence-corrected chi connectivity index (χ1v) is 13.2. The summed E-state index contributed by atoms with van der Waals surface area (Å²) in [7, 11) is 1.58. The molecule has 0 unspecified atom stereocenters. The van der Waals surface area contributed by atoms with Crippen molar-refractivity contribution < 1.29 is 23.9 Å². The number of ether oxygens (including phenoxy) is 2. The highest BCUT2D eigenvalue weighted by Gasteiger charge is 2.85. The van der Waals surface area contributed by atoms with Crippen molar-refractivity contribution in [3.63, 3.8) is 0 Å². The molecule has 0 radical (unpaired) electrons. The van der Waals surface area contributed by atoms with E-state index in [0.29, 0.717) is 12.2 Å². The second-order valence-corrected chi connectivity index (χ2v) is 10.4. The van der Waals surface area contributed by atoms with E-state index in [0.717, 1.165) is 36.8 Å². The molecule has 5 rings (SSSR count). The van der Waals surface area contributed by atoms with Gasteiger partial charge in [-0.25, -0.2) is 9.78 Å². The Kier molecular flexibility index (Phi) is 6.98. The van der Waals surface area contributed by atoms with E-state index in [9.17, 15) is 14.4 Å². The molecule has 39 heavy (non-hydrogen) atoms. The molecule has 0 bridgehead atoms. The largest absolute Gasteiger partial charge is 0.460 e. The lowest BCUT2D eigenvalue weighted by Gasteiger charge is -2.25. The summed E-state index contributed by atoms with van der Waals surface area (Å²) < 4.78 is 11.7. The molecule has 5 N–H and O–H groups in total. The molecule has 1 saturated heterocycles. The van der Waals surface area contributed by atoms with E-state index in [-0.39, 0.29) is 41.4 Å². The first-order valence-electron chi connectivity index (χ1n) is 13.2. The van der Waals surface area contributed by atoms with Crippen molar-refractivity contribution in [3.8, 4) is 0 Å². The molecular weight excluding hydrogens is 498 g/mol. The molecular formula is C29H33N5O5. The van der Waals surface area contributed by atoms with Gasteiger partial charge in [-0.1, -0.05) is 35.9 Å². The zero-order chi connectivity index (χ0) is 27.8. The third-order valence-corrected chi connectivity index (χ3v) is 7.86. The average Bonchev–Trinajstić information content (AvgIpc) is 3.39. The summed E-state index contributed by atoms with van der Waals surface area (Å²) >= 11 is 0. The molecule has 0 spiro atoms. The smallest absolute Gasteiger partial charge is 0.350 e. The van der Waals surface area contributed by atoms with Gasteiger partial charge in [0.15, 0.2) is 17.3 Å². The van der Waals surface area contributed by atoms with Crippen LogP contribution in [0.25, 0.3) is 0 Å². The van der Waals surface area contributed by atoms with Crippen LogP contribution in [0.5, 0.6) is 0 Å². The fraction of sp³-hybridized carbons (Fsp3) is 0.414. The summed E-state index contributed by atoms with van der Waals surface area (Å²) in [6.07, 6.45) is 7.10. The Hall–Kier alpha value is -4.05. The van der Waals surface area contributed by atoms with Crippen LogP contribution < -0.4 is 16.8 Å². The van der Waals surface area contributed by atoms with Gasteiger partial charge in [-0.2, -0.15) is 0 Å². The third kappa shape index (κ3) is 4.58. The Morgan fingerprint density at radius 2 is 1.92 bits per heavy atom. The number of aromatic nitrogens is 1. The van der Waals surface area contributed by atoms with Crippen molar-refractivity contribution in [2.75, 3.05) is 12.8 Å². The Bertz CT molecular complexity index is 1380. The molecule has 2 aliphatic carbocycles. The molecule has 1 aromatic heterocycles. The van der Waals surface area contributed by atoms with Gasteiger partial charge in [-0.05, 0) is 56.7 Å². The lowest BCUT2D eigenvalue weighted by molar-refractivity contribution is -0.153. The lowest BCUT2D eigenvalue weighted by Crippen LogP contribution is -2.51. The van der Waals surface area contributed by atoms with E-state index in [2.05, 4.69) is 15.3 Å². The number of carbonyl (C=O) groups excluding carboxylic acids is 3. The Labute approximate surface area is 226 Å². The molecule has 204 valence electrons. The number of pyridine rings is 1. The number of nitrogen functional groups attached to an aromatic ring is 1. The second-order valence-electron chi connectivity index (χ2n) is 10.4. The number of epoxide rings is 1. The van der Waals surface area contributed by atoms with Crippen LogP contribution in [0.4, 0.5) is 5.82 Å². The highest BCUT2D eigenvalue weighted by molar-refractivity contribution is 6.32. The lowest BCUT2D eigenvalue weighted by atomic mass is 9.72. The van der Waals surface area contributed by atoms with Gasteiger partial charge in [-0.15, -0.1) is 0 Å². The fourth-order valence-corrected chi connectivity index (χ4v) is 5.68. The molecule has 1 aromatic carbocycles. The number of Topliss-reactive ketones (excluding diaryl/α,β-unsaturated/α-hetero) is 2. The maximum atomic E-state index is 13.8. The normalized spacial score (nSPS) is 25.6. The van der Waals surface area contributed by atoms with Gasteiger partial charge in [-0.3, -0.25) is 14.6 Å². The maximum Gasteiger partial charge on any atom is 0.350 e. The Morgan fingerprint density at radius 1 is 1.23 bits per heavy atom. The monoisotopic (exact) mass is 531 g/mol. The van der Waals surface area contributed by atoms with Crippen LogP contribution in [-0.4, -0.2) is 52.8 Å². The van der Waals surface area contributed by atoms with Gasteiger partial charge in [0.1, 0.15) is 11.9 Å². The summed E-state index contributed by atoms with van der Waals surface area (Å²) in [5.41, 5.74) is 10.4. The molecule has 1 saturated carbocycles. The first kappa shape index (κ1) is 26.6. The number of nitrogens with one attached hydrogen (secondary N) is 1. The minimum atomic E-state index is -1.96. The van der Waals surface area contributed by atoms with Crippen molar-refractivity contribution in [1.82, 2.24) is 10.3 Å². The Morgan fingerprint density at radius 3 is 2.59 bits per heavy atom. The second kappa shape index (κ2) is 10.3. The van der Waals surface area contributed by atoms with Gasteiger partial charge in [0.2, 0.25) is 5.78 Å². The average molecular weight is 532 g/mol. The number of nitrogens with two attached hydrogens (primary N) is 2. The van der Waals surface area contributed by atoms with Crippen LogP contribution in [0.3, 0.4) is 0 Å². The predicted octanol–water partition coefficient (Wildman–Crippen LogP) is 3.04. The molecule has 3 aliphatic rings. The van der Waals surface area contributed by atoms with E-state index in [1.165, 1.54) is 0 Å². The van der Waals surface area contributed by atoms with E-state index in [1.807, 2.05) is 19.1 Å². The van der Waals surface area contributed by atoms with Gasteiger partial charge in [0, 0.05) is 30.8 Å². The van der Waals surface area contributed by atoms with Crippen LogP contribution in [-0.2, 0) is 14.3 Å². The number of guanidine groups is 1. The summed E-state index contributed by atoms with van der Waals surface area (Å²) in [5, 5.41) is 3.17. The van der Waals surface area contributed by atoms with Gasteiger partial charge in [0.05, 0.1) is 6.04 Å². The minimum Gasteiger partial charge on any atom is -0.460 e. The van der Waals surface area contributed by atoms with Crippen molar-refractivity contribution in [2.45, 2.75) is 68.8 Å². The van der Waals surface area contributed by atoms with Gasteiger partial charge >= 0.3 is 5.97 Å². The number of hydrogen-bond donors (Lipinski definition) is 3. The number of ketones is 2. The fourth-order valence-electron chi connectivity index (χ4n) is 5.68. The highest BCUT2D eigenvalue weighted by atomic mass is 16.7. The summed E-state index contributed by atoms with van der Waals surface area (Å²) in [4.78, 5) is 49.0. The van der Waals surface area contributed by atoms with E-state index in [4.69, 9.17) is 20.9 Å². The van der Waals surface area contributed by atoms with Crippen LogP contribution >= 0.6 is 0 Å². The third-order valence-electron chi connectivity index (χ3n) is 7.86. The predicted molar refractivity (Wildman–Crippen MR) is 145 cm³/mol.